The van der Waals surface area contributed by atoms with Crippen molar-refractivity contribution in [1.82, 2.24) is 4.90 Å². The molecule has 0 aromatic heterocycles. The number of nitrogens with zero attached hydrogens (tertiary/aromatic N) is 2. The molecule has 0 aliphatic carbocycles. The molecule has 0 saturated heterocycles. The molecule has 30 heavy (non-hydrogen) atoms. The summed E-state index contributed by atoms with van der Waals surface area (Å²) in [4.78, 5) is 6.66. The standard InChI is InChI=1S/C25H29N3OS/c1-5-28(4)14-13-20-15-18(3)23(16-17(20)2)29-25(30)27-24(26)22-12-8-10-19-9-6-7-11-21(19)22/h6-12,15-16H,5,13-14H2,1-4H3,(H2,26,27,30). The number of nitrogens with two attached hydrogens (primary N) is 1. The lowest BCUT2D eigenvalue weighted by atomic mass is 10.0. The molecule has 0 aliphatic rings. The van der Waals surface area contributed by atoms with E-state index in [1.807, 2.05) is 55.5 Å². The van der Waals surface area contributed by atoms with E-state index in [9.17, 15) is 0 Å². The SMILES string of the molecule is CCN(C)CCc1cc(C)c(OC(=S)N=C(N)c2cccc3ccccc23)cc1C. The van der Waals surface area contributed by atoms with Crippen LogP contribution < -0.4 is 10.5 Å². The fraction of sp³-hybridized carbons (Fsp3) is 0.280. The van der Waals surface area contributed by atoms with E-state index in [1.54, 1.807) is 0 Å². The highest BCUT2D eigenvalue weighted by Crippen LogP contribution is 2.24. The van der Waals surface area contributed by atoms with Crippen molar-refractivity contribution in [3.63, 3.8) is 0 Å². The van der Waals surface area contributed by atoms with Crippen molar-refractivity contribution < 1.29 is 4.74 Å². The van der Waals surface area contributed by atoms with Crippen LogP contribution in [0.2, 0.25) is 0 Å². The number of thiocarbonyl (C=S) groups is 1. The Bertz CT molecular complexity index is 1090. The number of aryl methyl sites for hydroxylation is 2. The van der Waals surface area contributed by atoms with Crippen molar-refractivity contribution >= 4 is 34.0 Å². The highest BCUT2D eigenvalue weighted by Gasteiger charge is 2.10. The van der Waals surface area contributed by atoms with Gasteiger partial charge in [0.2, 0.25) is 0 Å². The van der Waals surface area contributed by atoms with Crippen molar-refractivity contribution in [1.29, 1.82) is 0 Å². The summed E-state index contributed by atoms with van der Waals surface area (Å²) < 4.78 is 5.89. The summed E-state index contributed by atoms with van der Waals surface area (Å²) in [5, 5.41) is 2.26. The van der Waals surface area contributed by atoms with Gasteiger partial charge in [-0.25, -0.2) is 0 Å². The molecule has 0 amide bonds. The summed E-state index contributed by atoms with van der Waals surface area (Å²) in [6.45, 7) is 8.37. The summed E-state index contributed by atoms with van der Waals surface area (Å²) in [7, 11) is 2.14. The first kappa shape index (κ1) is 21.9. The Hall–Kier alpha value is -2.76. The van der Waals surface area contributed by atoms with Gasteiger partial charge in [0.25, 0.3) is 5.17 Å². The van der Waals surface area contributed by atoms with Crippen molar-refractivity contribution in [3.05, 3.63) is 76.9 Å². The first-order valence-corrected chi connectivity index (χ1v) is 10.6. The zero-order chi connectivity index (χ0) is 21.7. The molecular formula is C25H29N3OS. The predicted octanol–water partition coefficient (Wildman–Crippen LogP) is 5.02. The Morgan fingerprint density at radius 3 is 2.57 bits per heavy atom. The van der Waals surface area contributed by atoms with Crippen molar-refractivity contribution in [2.75, 3.05) is 20.1 Å². The summed E-state index contributed by atoms with van der Waals surface area (Å²) in [5.41, 5.74) is 10.7. The van der Waals surface area contributed by atoms with Crippen molar-refractivity contribution in [3.8, 4) is 5.75 Å². The van der Waals surface area contributed by atoms with E-state index in [0.29, 0.717) is 5.84 Å². The van der Waals surface area contributed by atoms with Gasteiger partial charge in [0.05, 0.1) is 0 Å². The Morgan fingerprint density at radius 1 is 1.07 bits per heavy atom. The zero-order valence-corrected chi connectivity index (χ0v) is 18.9. The molecule has 0 atom stereocenters. The van der Waals surface area contributed by atoms with Crippen LogP contribution in [0.3, 0.4) is 0 Å². The molecule has 0 bridgehead atoms. The topological polar surface area (TPSA) is 50.8 Å². The maximum absolute atomic E-state index is 6.27. The highest BCUT2D eigenvalue weighted by molar-refractivity contribution is 7.80. The first-order valence-electron chi connectivity index (χ1n) is 10.2. The van der Waals surface area contributed by atoms with Crippen LogP contribution in [0.15, 0.2) is 59.6 Å². The molecule has 5 heteroatoms. The summed E-state index contributed by atoms with van der Waals surface area (Å²) in [6.07, 6.45) is 1.01. The third kappa shape index (κ3) is 5.23. The molecule has 0 fully saturated rings. The lowest BCUT2D eigenvalue weighted by molar-refractivity contribution is 0.357. The van der Waals surface area contributed by atoms with Gasteiger partial charge in [-0.3, -0.25) is 0 Å². The average Bonchev–Trinajstić information content (AvgIpc) is 2.74. The molecule has 3 aromatic carbocycles. The smallest absolute Gasteiger partial charge is 0.290 e. The number of hydrogen-bond donors (Lipinski definition) is 1. The van der Waals surface area contributed by atoms with Crippen LogP contribution in [0.1, 0.15) is 29.2 Å². The molecule has 156 valence electrons. The number of benzene rings is 3. The minimum Gasteiger partial charge on any atom is -0.430 e. The van der Waals surface area contributed by atoms with Gasteiger partial charge in [0.1, 0.15) is 11.6 Å². The van der Waals surface area contributed by atoms with E-state index < -0.39 is 0 Å². The highest BCUT2D eigenvalue weighted by atomic mass is 32.1. The number of amidine groups is 1. The molecule has 0 aliphatic heterocycles. The lowest BCUT2D eigenvalue weighted by Crippen LogP contribution is -2.20. The Balaban J connectivity index is 1.77. The first-order chi connectivity index (χ1) is 14.4. The lowest BCUT2D eigenvalue weighted by Gasteiger charge is -2.16. The molecule has 0 unspecified atom stereocenters. The predicted molar refractivity (Wildman–Crippen MR) is 131 cm³/mol. The molecule has 0 heterocycles. The third-order valence-corrected chi connectivity index (χ3v) is 5.59. The van der Waals surface area contributed by atoms with Crippen LogP contribution in [0.5, 0.6) is 5.75 Å². The van der Waals surface area contributed by atoms with E-state index in [0.717, 1.165) is 47.2 Å². The van der Waals surface area contributed by atoms with Crippen LogP contribution >= 0.6 is 12.2 Å². The molecule has 0 saturated carbocycles. The molecular weight excluding hydrogens is 390 g/mol. The molecule has 0 radical (unpaired) electrons. The van der Waals surface area contributed by atoms with E-state index in [-0.39, 0.29) is 5.17 Å². The Labute approximate surface area is 184 Å². The van der Waals surface area contributed by atoms with E-state index >= 15 is 0 Å². The largest absolute Gasteiger partial charge is 0.430 e. The number of aliphatic imine (C=N–C) groups is 1. The van der Waals surface area contributed by atoms with Gasteiger partial charge >= 0.3 is 0 Å². The van der Waals surface area contributed by atoms with Gasteiger partial charge in [0.15, 0.2) is 0 Å². The fourth-order valence-electron chi connectivity index (χ4n) is 3.42. The second-order valence-corrected chi connectivity index (χ2v) is 7.93. The van der Waals surface area contributed by atoms with E-state index in [1.165, 1.54) is 11.1 Å². The van der Waals surface area contributed by atoms with Crippen molar-refractivity contribution in [2.24, 2.45) is 10.7 Å². The van der Waals surface area contributed by atoms with Gasteiger partial charge in [-0.15, -0.1) is 0 Å². The monoisotopic (exact) mass is 419 g/mol. The minimum absolute atomic E-state index is 0.112. The Kier molecular flexibility index (Phi) is 7.19. The van der Waals surface area contributed by atoms with Crippen LogP contribution in [0.25, 0.3) is 10.8 Å². The van der Waals surface area contributed by atoms with Crippen LogP contribution in [-0.2, 0) is 6.42 Å². The summed E-state index contributed by atoms with van der Waals surface area (Å²) in [6, 6.07) is 18.2. The van der Waals surface area contributed by atoms with Gasteiger partial charge in [-0.05, 0) is 79.6 Å². The molecule has 4 nitrogen and oxygen atoms in total. The molecule has 3 rings (SSSR count). The van der Waals surface area contributed by atoms with Gasteiger partial charge < -0.3 is 15.4 Å². The normalized spacial score (nSPS) is 11.8. The van der Waals surface area contributed by atoms with Gasteiger partial charge in [-0.1, -0.05) is 55.5 Å². The maximum atomic E-state index is 6.27. The fourth-order valence-corrected chi connectivity index (χ4v) is 3.61. The second kappa shape index (κ2) is 9.83. The second-order valence-electron chi connectivity index (χ2n) is 7.58. The molecule has 3 aromatic rings. The van der Waals surface area contributed by atoms with E-state index in [2.05, 4.69) is 36.9 Å². The number of rotatable bonds is 6. The van der Waals surface area contributed by atoms with E-state index in [4.69, 9.17) is 22.7 Å². The summed E-state index contributed by atoms with van der Waals surface area (Å²) >= 11 is 5.38. The third-order valence-electron chi connectivity index (χ3n) is 5.41. The van der Waals surface area contributed by atoms with Crippen LogP contribution in [-0.4, -0.2) is 36.0 Å². The average molecular weight is 420 g/mol. The molecule has 2 N–H and O–H groups in total. The molecule has 0 spiro atoms. The quantitative estimate of drug-likeness (QED) is 0.346. The summed E-state index contributed by atoms with van der Waals surface area (Å²) in [5.74, 6) is 1.07. The zero-order valence-electron chi connectivity index (χ0n) is 18.1. The number of fused-ring (bicyclic) bond motifs is 1. The number of likely N-dealkylation sites (N-methyl/N-ethyl adjacent to an activating group) is 1. The number of hydrogen-bond acceptors (Lipinski definition) is 3. The van der Waals surface area contributed by atoms with Crippen LogP contribution in [0.4, 0.5) is 0 Å². The van der Waals surface area contributed by atoms with Crippen molar-refractivity contribution in [2.45, 2.75) is 27.2 Å². The minimum atomic E-state index is 0.112. The maximum Gasteiger partial charge on any atom is 0.290 e. The van der Waals surface area contributed by atoms with Crippen LogP contribution in [0, 0.1) is 13.8 Å². The van der Waals surface area contributed by atoms with Gasteiger partial charge in [-0.2, -0.15) is 4.99 Å². The van der Waals surface area contributed by atoms with Gasteiger partial charge in [0, 0.05) is 12.1 Å². The number of ether oxygens (including phenoxy) is 1. The Morgan fingerprint density at radius 2 is 1.80 bits per heavy atom.